The molecule has 2 aliphatic carbocycles. The quantitative estimate of drug-likeness (QED) is 0.910. The van der Waals surface area contributed by atoms with Gasteiger partial charge in [-0.25, -0.2) is 4.98 Å². The number of nitrogens with one attached hydrogen (secondary N) is 1. The first-order chi connectivity index (χ1) is 11.8. The molecule has 3 aliphatic rings. The number of hydrogen-bond donors (Lipinski definition) is 1. The molecule has 0 saturated heterocycles. The number of thiazole rings is 1. The van der Waals surface area contributed by atoms with Crippen molar-refractivity contribution < 1.29 is 9.53 Å². The molecule has 0 unspecified atom stereocenters. The molecular formula is C19H20N2O2S. The Morgan fingerprint density at radius 3 is 2.96 bits per heavy atom. The molecule has 124 valence electrons. The minimum Gasteiger partial charge on any atom is -0.372 e. The first-order valence-corrected chi connectivity index (χ1v) is 9.60. The van der Waals surface area contributed by atoms with Crippen molar-refractivity contribution in [1.82, 2.24) is 4.98 Å². The maximum atomic E-state index is 12.5. The van der Waals surface area contributed by atoms with Crippen molar-refractivity contribution in [2.24, 2.45) is 17.8 Å². The topological polar surface area (TPSA) is 51.2 Å². The third-order valence-electron chi connectivity index (χ3n) is 5.83. The van der Waals surface area contributed by atoms with Gasteiger partial charge in [0.15, 0.2) is 5.13 Å². The van der Waals surface area contributed by atoms with Crippen LogP contribution in [0.2, 0.25) is 0 Å². The summed E-state index contributed by atoms with van der Waals surface area (Å²) in [6.45, 7) is 1.39. The molecule has 2 fully saturated rings. The molecule has 1 aromatic heterocycles. The number of carbonyl (C=O) groups is 1. The Balaban J connectivity index is 1.31. The van der Waals surface area contributed by atoms with Crippen LogP contribution < -0.4 is 5.32 Å². The van der Waals surface area contributed by atoms with Gasteiger partial charge in [-0.2, -0.15) is 0 Å². The summed E-state index contributed by atoms with van der Waals surface area (Å²) in [6, 6.07) is 6.35. The van der Waals surface area contributed by atoms with Gasteiger partial charge in [-0.05, 0) is 48.3 Å². The van der Waals surface area contributed by atoms with Crippen LogP contribution in [0.3, 0.4) is 0 Å². The highest BCUT2D eigenvalue weighted by Crippen LogP contribution is 2.48. The minimum atomic E-state index is 0.172. The van der Waals surface area contributed by atoms with Crippen molar-refractivity contribution >= 4 is 22.4 Å². The molecule has 2 aromatic rings. The number of anilines is 1. The van der Waals surface area contributed by atoms with E-state index in [4.69, 9.17) is 4.74 Å². The fourth-order valence-corrected chi connectivity index (χ4v) is 5.28. The SMILES string of the molecule is O=C(Nc1nc(-c2ccc3c(c2)COC3)cs1)[C@@H]1C[C@H]2CC[C@H]1C2. The van der Waals surface area contributed by atoms with Crippen LogP contribution in [0.25, 0.3) is 11.3 Å². The van der Waals surface area contributed by atoms with Crippen molar-refractivity contribution in [2.45, 2.75) is 38.9 Å². The maximum Gasteiger partial charge on any atom is 0.229 e. The van der Waals surface area contributed by atoms with Crippen molar-refractivity contribution in [3.8, 4) is 11.3 Å². The lowest BCUT2D eigenvalue weighted by Crippen LogP contribution is -2.27. The summed E-state index contributed by atoms with van der Waals surface area (Å²) in [5, 5.41) is 5.79. The van der Waals surface area contributed by atoms with Crippen LogP contribution >= 0.6 is 11.3 Å². The van der Waals surface area contributed by atoms with E-state index in [2.05, 4.69) is 28.5 Å². The zero-order chi connectivity index (χ0) is 16.1. The van der Waals surface area contributed by atoms with E-state index >= 15 is 0 Å². The van der Waals surface area contributed by atoms with Gasteiger partial charge in [0.25, 0.3) is 0 Å². The van der Waals surface area contributed by atoms with Gasteiger partial charge < -0.3 is 10.1 Å². The Hall–Kier alpha value is -1.72. The van der Waals surface area contributed by atoms with Crippen LogP contribution in [0, 0.1) is 17.8 Å². The van der Waals surface area contributed by atoms with Crippen molar-refractivity contribution in [3.63, 3.8) is 0 Å². The van der Waals surface area contributed by atoms with E-state index in [1.807, 2.05) is 5.38 Å². The van der Waals surface area contributed by atoms with Gasteiger partial charge >= 0.3 is 0 Å². The second kappa shape index (κ2) is 5.67. The first kappa shape index (κ1) is 14.6. The summed E-state index contributed by atoms with van der Waals surface area (Å²) < 4.78 is 5.47. The third-order valence-corrected chi connectivity index (χ3v) is 6.58. The van der Waals surface area contributed by atoms with E-state index in [0.29, 0.717) is 19.1 Å². The molecule has 1 amide bonds. The van der Waals surface area contributed by atoms with E-state index < -0.39 is 0 Å². The molecule has 5 rings (SSSR count). The number of hydrogen-bond acceptors (Lipinski definition) is 4. The molecule has 2 bridgehead atoms. The molecule has 0 spiro atoms. The van der Waals surface area contributed by atoms with Crippen LogP contribution in [0.1, 0.15) is 36.8 Å². The predicted molar refractivity (Wildman–Crippen MR) is 93.6 cm³/mol. The number of aromatic nitrogens is 1. The molecule has 0 radical (unpaired) electrons. The van der Waals surface area contributed by atoms with Crippen LogP contribution in [0.15, 0.2) is 23.6 Å². The Morgan fingerprint density at radius 2 is 2.12 bits per heavy atom. The van der Waals surface area contributed by atoms with E-state index in [-0.39, 0.29) is 11.8 Å². The zero-order valence-electron chi connectivity index (χ0n) is 13.5. The molecule has 5 heteroatoms. The van der Waals surface area contributed by atoms with Crippen LogP contribution in [0.5, 0.6) is 0 Å². The number of ether oxygens (including phenoxy) is 1. The van der Waals surface area contributed by atoms with Gasteiger partial charge in [0.1, 0.15) is 0 Å². The molecule has 2 saturated carbocycles. The highest BCUT2D eigenvalue weighted by atomic mass is 32.1. The summed E-state index contributed by atoms with van der Waals surface area (Å²) in [5.41, 5.74) is 4.53. The van der Waals surface area contributed by atoms with Crippen LogP contribution in [0.4, 0.5) is 5.13 Å². The molecule has 1 aromatic carbocycles. The molecule has 1 N–H and O–H groups in total. The van der Waals surface area contributed by atoms with Crippen molar-refractivity contribution in [3.05, 3.63) is 34.7 Å². The Labute approximate surface area is 145 Å². The number of benzene rings is 1. The first-order valence-electron chi connectivity index (χ1n) is 8.72. The number of fused-ring (bicyclic) bond motifs is 3. The highest BCUT2D eigenvalue weighted by molar-refractivity contribution is 7.14. The zero-order valence-corrected chi connectivity index (χ0v) is 14.3. The monoisotopic (exact) mass is 340 g/mol. The average molecular weight is 340 g/mol. The third kappa shape index (κ3) is 2.47. The second-order valence-corrected chi connectivity index (χ2v) is 8.14. The van der Waals surface area contributed by atoms with E-state index in [1.165, 1.54) is 41.7 Å². The van der Waals surface area contributed by atoms with Gasteiger partial charge in [-0.15, -0.1) is 11.3 Å². The smallest absolute Gasteiger partial charge is 0.229 e. The Kier molecular flexibility index (Phi) is 3.45. The number of rotatable bonds is 3. The van der Waals surface area contributed by atoms with Crippen molar-refractivity contribution in [2.75, 3.05) is 5.32 Å². The maximum absolute atomic E-state index is 12.5. The normalized spacial score (nSPS) is 27.4. The molecule has 2 heterocycles. The number of carbonyl (C=O) groups excluding carboxylic acids is 1. The average Bonchev–Trinajstić information content (AvgIpc) is 3.37. The fourth-order valence-electron chi connectivity index (χ4n) is 4.56. The predicted octanol–water partition coefficient (Wildman–Crippen LogP) is 4.22. The Bertz CT molecular complexity index is 800. The molecule has 3 atom stereocenters. The number of amides is 1. The summed E-state index contributed by atoms with van der Waals surface area (Å²) >= 11 is 1.51. The molecule has 24 heavy (non-hydrogen) atoms. The molecular weight excluding hydrogens is 320 g/mol. The standard InChI is InChI=1S/C19H20N2O2S/c22-18(16-6-11-1-2-12(16)5-11)21-19-20-17(10-24-19)13-3-4-14-8-23-9-15(14)7-13/h3-4,7,10-12,16H,1-2,5-6,8-9H2,(H,20,21,22)/t11-,12-,16+/m0/s1. The lowest BCUT2D eigenvalue weighted by Gasteiger charge is -2.19. The van der Waals surface area contributed by atoms with Gasteiger partial charge in [-0.3, -0.25) is 4.79 Å². The van der Waals surface area contributed by atoms with Crippen LogP contribution in [-0.4, -0.2) is 10.9 Å². The van der Waals surface area contributed by atoms with Gasteiger partial charge in [0, 0.05) is 16.9 Å². The largest absolute Gasteiger partial charge is 0.372 e. The lowest BCUT2D eigenvalue weighted by atomic mass is 9.88. The molecule has 4 nitrogen and oxygen atoms in total. The fraction of sp³-hybridized carbons (Fsp3) is 0.474. The molecule has 1 aliphatic heterocycles. The van der Waals surface area contributed by atoms with Crippen LogP contribution in [-0.2, 0) is 22.7 Å². The number of nitrogens with zero attached hydrogens (tertiary/aromatic N) is 1. The van der Waals surface area contributed by atoms with Gasteiger partial charge in [0.2, 0.25) is 5.91 Å². The van der Waals surface area contributed by atoms with Gasteiger partial charge in [-0.1, -0.05) is 18.6 Å². The second-order valence-electron chi connectivity index (χ2n) is 7.28. The Morgan fingerprint density at radius 1 is 1.21 bits per heavy atom. The summed E-state index contributed by atoms with van der Waals surface area (Å²) in [4.78, 5) is 17.2. The van der Waals surface area contributed by atoms with Gasteiger partial charge in [0.05, 0.1) is 18.9 Å². The van der Waals surface area contributed by atoms with E-state index in [9.17, 15) is 4.79 Å². The minimum absolute atomic E-state index is 0.172. The highest BCUT2D eigenvalue weighted by Gasteiger charge is 2.43. The van der Waals surface area contributed by atoms with Crippen molar-refractivity contribution in [1.29, 1.82) is 0 Å². The van der Waals surface area contributed by atoms with E-state index in [0.717, 1.165) is 28.7 Å². The lowest BCUT2D eigenvalue weighted by molar-refractivity contribution is -0.121. The summed E-state index contributed by atoms with van der Waals surface area (Å²) in [7, 11) is 0. The summed E-state index contributed by atoms with van der Waals surface area (Å²) in [6.07, 6.45) is 4.86. The summed E-state index contributed by atoms with van der Waals surface area (Å²) in [5.74, 6) is 1.76. The van der Waals surface area contributed by atoms with E-state index in [1.54, 1.807) is 0 Å².